The lowest BCUT2D eigenvalue weighted by atomic mass is 9.85. The maximum Gasteiger partial charge on any atom is 0.317 e. The van der Waals surface area contributed by atoms with Crippen molar-refractivity contribution in [2.75, 3.05) is 19.6 Å². The van der Waals surface area contributed by atoms with E-state index in [-0.39, 0.29) is 42.7 Å². The minimum absolute atomic E-state index is 0.00802. The smallest absolute Gasteiger partial charge is 0.317 e. The summed E-state index contributed by atoms with van der Waals surface area (Å²) < 4.78 is 0. The maximum atomic E-state index is 12.7. The number of rotatable bonds is 6. The van der Waals surface area contributed by atoms with E-state index in [1.165, 1.54) is 0 Å². The molecule has 2 aliphatic carbocycles. The molecular formula is C18H31N3O4. The van der Waals surface area contributed by atoms with E-state index in [1.807, 2.05) is 16.7 Å². The molecule has 7 heteroatoms. The van der Waals surface area contributed by atoms with Gasteiger partial charge in [0.05, 0.1) is 12.6 Å². The first-order chi connectivity index (χ1) is 12.0. The van der Waals surface area contributed by atoms with Crippen molar-refractivity contribution in [3.8, 4) is 0 Å². The van der Waals surface area contributed by atoms with Crippen LogP contribution in [0.1, 0.15) is 51.9 Å². The fraction of sp³-hybridized carbons (Fsp3) is 0.889. The van der Waals surface area contributed by atoms with Crippen LogP contribution in [0.2, 0.25) is 0 Å². The second kappa shape index (κ2) is 7.91. The summed E-state index contributed by atoms with van der Waals surface area (Å²) in [7, 11) is 0. The predicted molar refractivity (Wildman–Crippen MR) is 93.3 cm³/mol. The SMILES string of the molecule is CCN(CC(=O)O)C1CC(NC(=O)N2CCCC2C2CCCC2O)C1. The van der Waals surface area contributed by atoms with Gasteiger partial charge in [0.1, 0.15) is 0 Å². The summed E-state index contributed by atoms with van der Waals surface area (Å²) in [6.07, 6.45) is 6.30. The highest BCUT2D eigenvalue weighted by molar-refractivity contribution is 5.75. The number of amides is 2. The number of urea groups is 1. The number of likely N-dealkylation sites (N-methyl/N-ethyl adjacent to an activating group) is 1. The fourth-order valence-corrected chi connectivity index (χ4v) is 4.84. The molecule has 7 nitrogen and oxygen atoms in total. The summed E-state index contributed by atoms with van der Waals surface area (Å²) in [6.45, 7) is 3.52. The Morgan fingerprint density at radius 2 is 1.96 bits per heavy atom. The third kappa shape index (κ3) is 4.08. The number of hydrogen-bond acceptors (Lipinski definition) is 4. The van der Waals surface area contributed by atoms with E-state index in [0.29, 0.717) is 6.54 Å². The van der Waals surface area contributed by atoms with E-state index in [0.717, 1.165) is 51.5 Å². The average Bonchev–Trinajstić information content (AvgIpc) is 3.16. The normalized spacial score (nSPS) is 35.0. The molecule has 0 radical (unpaired) electrons. The van der Waals surface area contributed by atoms with Crippen LogP contribution in [0.4, 0.5) is 4.79 Å². The Bertz CT molecular complexity index is 495. The molecule has 0 aromatic rings. The van der Waals surface area contributed by atoms with E-state index in [9.17, 15) is 14.7 Å². The fourth-order valence-electron chi connectivity index (χ4n) is 4.84. The molecule has 3 rings (SSSR count). The van der Waals surface area contributed by atoms with Gasteiger partial charge < -0.3 is 20.4 Å². The zero-order valence-corrected chi connectivity index (χ0v) is 15.1. The number of nitrogens with zero attached hydrogens (tertiary/aromatic N) is 2. The van der Waals surface area contributed by atoms with Crippen molar-refractivity contribution in [3.63, 3.8) is 0 Å². The number of carbonyl (C=O) groups excluding carboxylic acids is 1. The number of hydrogen-bond donors (Lipinski definition) is 3. The molecule has 142 valence electrons. The maximum absolute atomic E-state index is 12.7. The van der Waals surface area contributed by atoms with Gasteiger partial charge in [-0.25, -0.2) is 4.79 Å². The third-order valence-corrected chi connectivity index (χ3v) is 6.29. The van der Waals surface area contributed by atoms with Crippen LogP contribution in [-0.2, 0) is 4.79 Å². The standard InChI is InChI=1S/C18H31N3O4/c1-2-20(11-17(23)24)13-9-12(10-13)19-18(25)21-8-4-6-15(21)14-5-3-7-16(14)22/h12-16,22H,2-11H2,1H3,(H,19,25)(H,23,24). The highest BCUT2D eigenvalue weighted by atomic mass is 16.4. The molecule has 3 aliphatic rings. The van der Waals surface area contributed by atoms with Crippen LogP contribution in [0.25, 0.3) is 0 Å². The lowest BCUT2D eigenvalue weighted by molar-refractivity contribution is -0.139. The van der Waals surface area contributed by atoms with Crippen molar-refractivity contribution < 1.29 is 19.8 Å². The molecule has 0 aromatic heterocycles. The average molecular weight is 353 g/mol. The van der Waals surface area contributed by atoms with Gasteiger partial charge in [-0.05, 0) is 45.1 Å². The molecule has 3 unspecified atom stereocenters. The van der Waals surface area contributed by atoms with E-state index in [1.54, 1.807) is 0 Å². The van der Waals surface area contributed by atoms with Crippen molar-refractivity contribution in [2.45, 2.75) is 76.1 Å². The summed E-state index contributed by atoms with van der Waals surface area (Å²) in [5.41, 5.74) is 0. The van der Waals surface area contributed by atoms with Crippen molar-refractivity contribution in [1.29, 1.82) is 0 Å². The minimum atomic E-state index is -0.802. The second-order valence-electron chi connectivity index (χ2n) is 7.79. The van der Waals surface area contributed by atoms with Crippen molar-refractivity contribution >= 4 is 12.0 Å². The van der Waals surface area contributed by atoms with E-state index in [4.69, 9.17) is 5.11 Å². The highest BCUT2D eigenvalue weighted by Gasteiger charge is 2.42. The Morgan fingerprint density at radius 3 is 2.56 bits per heavy atom. The van der Waals surface area contributed by atoms with Gasteiger partial charge in [0, 0.05) is 30.6 Å². The summed E-state index contributed by atoms with van der Waals surface area (Å²) in [4.78, 5) is 27.5. The number of carboxylic acid groups (broad SMARTS) is 1. The zero-order valence-electron chi connectivity index (χ0n) is 15.1. The minimum Gasteiger partial charge on any atom is -0.480 e. The molecule has 0 aromatic carbocycles. The number of carboxylic acids is 1. The van der Waals surface area contributed by atoms with Crippen molar-refractivity contribution in [2.24, 2.45) is 5.92 Å². The second-order valence-corrected chi connectivity index (χ2v) is 7.79. The number of aliphatic hydroxyl groups excluding tert-OH is 1. The van der Waals surface area contributed by atoms with Crippen molar-refractivity contribution in [1.82, 2.24) is 15.1 Å². The first-order valence-corrected chi connectivity index (χ1v) is 9.70. The molecular weight excluding hydrogens is 322 g/mol. The van der Waals surface area contributed by atoms with Gasteiger partial charge in [0.25, 0.3) is 0 Å². The Morgan fingerprint density at radius 1 is 1.20 bits per heavy atom. The number of nitrogens with one attached hydrogen (secondary N) is 1. The molecule has 3 atom stereocenters. The number of aliphatic carboxylic acids is 1. The summed E-state index contributed by atoms with van der Waals surface area (Å²) in [5.74, 6) is -0.571. The molecule has 0 bridgehead atoms. The molecule has 3 fully saturated rings. The van der Waals surface area contributed by atoms with Crippen molar-refractivity contribution in [3.05, 3.63) is 0 Å². The van der Waals surface area contributed by atoms with Gasteiger partial charge in [-0.3, -0.25) is 9.69 Å². The molecule has 1 aliphatic heterocycles. The molecule has 0 spiro atoms. The Labute approximate surface area is 149 Å². The molecule has 2 saturated carbocycles. The lowest BCUT2D eigenvalue weighted by Crippen LogP contribution is -2.57. The van der Waals surface area contributed by atoms with Crippen LogP contribution in [0, 0.1) is 5.92 Å². The molecule has 3 N–H and O–H groups in total. The van der Waals surface area contributed by atoms with Crippen LogP contribution in [0.15, 0.2) is 0 Å². The molecule has 1 heterocycles. The Hall–Kier alpha value is -1.34. The van der Waals surface area contributed by atoms with Gasteiger partial charge in [0.15, 0.2) is 0 Å². The largest absolute Gasteiger partial charge is 0.480 e. The summed E-state index contributed by atoms with van der Waals surface area (Å²) >= 11 is 0. The molecule has 1 saturated heterocycles. The van der Waals surface area contributed by atoms with E-state index >= 15 is 0 Å². The van der Waals surface area contributed by atoms with Crippen LogP contribution >= 0.6 is 0 Å². The first-order valence-electron chi connectivity index (χ1n) is 9.70. The number of likely N-dealkylation sites (tertiary alicyclic amines) is 1. The van der Waals surface area contributed by atoms with Crippen LogP contribution in [0.5, 0.6) is 0 Å². The molecule has 2 amide bonds. The summed E-state index contributed by atoms with van der Waals surface area (Å²) in [6, 6.07) is 0.548. The Balaban J connectivity index is 1.47. The van der Waals surface area contributed by atoms with E-state index < -0.39 is 5.97 Å². The number of carbonyl (C=O) groups is 2. The zero-order chi connectivity index (χ0) is 18.0. The first kappa shape index (κ1) is 18.5. The third-order valence-electron chi connectivity index (χ3n) is 6.29. The molecule has 25 heavy (non-hydrogen) atoms. The number of aliphatic hydroxyl groups is 1. The topological polar surface area (TPSA) is 93.1 Å². The quantitative estimate of drug-likeness (QED) is 0.668. The predicted octanol–water partition coefficient (Wildman–Crippen LogP) is 1.26. The highest BCUT2D eigenvalue weighted by Crippen LogP contribution is 2.36. The monoisotopic (exact) mass is 353 g/mol. The Kier molecular flexibility index (Phi) is 5.84. The van der Waals surface area contributed by atoms with Gasteiger partial charge in [-0.15, -0.1) is 0 Å². The van der Waals surface area contributed by atoms with Gasteiger partial charge in [-0.1, -0.05) is 13.3 Å². The van der Waals surface area contributed by atoms with Crippen LogP contribution in [0.3, 0.4) is 0 Å². The van der Waals surface area contributed by atoms with Gasteiger partial charge >= 0.3 is 12.0 Å². The summed E-state index contributed by atoms with van der Waals surface area (Å²) in [5, 5.41) is 22.2. The van der Waals surface area contributed by atoms with E-state index in [2.05, 4.69) is 5.32 Å². The van der Waals surface area contributed by atoms with Crippen LogP contribution in [-0.4, -0.2) is 75.9 Å². The van der Waals surface area contributed by atoms with Crippen LogP contribution < -0.4 is 5.32 Å². The van der Waals surface area contributed by atoms with Gasteiger partial charge in [0.2, 0.25) is 0 Å². The lowest BCUT2D eigenvalue weighted by Gasteiger charge is -2.43. The van der Waals surface area contributed by atoms with Gasteiger partial charge in [-0.2, -0.15) is 0 Å².